The molecule has 1 heterocycles. The topological polar surface area (TPSA) is 80.3 Å². The molecule has 10 heteroatoms. The van der Waals surface area contributed by atoms with Gasteiger partial charge in [0.05, 0.1) is 11.6 Å². The molecule has 0 aliphatic heterocycles. The third kappa shape index (κ3) is 5.16. The molecule has 1 aromatic heterocycles. The van der Waals surface area contributed by atoms with E-state index in [9.17, 15) is 17.2 Å². The molecule has 0 aromatic carbocycles. The number of anilines is 1. The molecule has 0 aliphatic rings. The first-order valence-electron chi connectivity index (χ1n) is 5.55. The molecule has 0 atom stereocenters. The van der Waals surface area contributed by atoms with E-state index in [1.54, 1.807) is 7.05 Å². The minimum atomic E-state index is -3.80. The van der Waals surface area contributed by atoms with Gasteiger partial charge < -0.3 is 10.1 Å². The highest BCUT2D eigenvalue weighted by Gasteiger charge is 2.16. The van der Waals surface area contributed by atoms with Gasteiger partial charge in [0.1, 0.15) is 17.3 Å². The number of sulfonamides is 1. The molecule has 0 radical (unpaired) electrons. The lowest BCUT2D eigenvalue weighted by Crippen LogP contribution is -2.28. The van der Waals surface area contributed by atoms with Gasteiger partial charge in [-0.25, -0.2) is 26.9 Å². The van der Waals surface area contributed by atoms with Crippen LogP contribution in [0.3, 0.4) is 0 Å². The monoisotopic (exact) mass is 329 g/mol. The maximum atomic E-state index is 11.8. The lowest BCUT2D eigenvalue weighted by molar-refractivity contribution is 0.0199. The molecular formula is C10H14ClF2N3O3S. The van der Waals surface area contributed by atoms with E-state index in [1.165, 1.54) is 6.07 Å². The van der Waals surface area contributed by atoms with Crippen LogP contribution in [0.1, 0.15) is 0 Å². The van der Waals surface area contributed by atoms with E-state index in [4.69, 9.17) is 11.6 Å². The minimum absolute atomic E-state index is 0.115. The van der Waals surface area contributed by atoms with Crippen LogP contribution < -0.4 is 10.0 Å². The van der Waals surface area contributed by atoms with E-state index in [2.05, 4.69) is 19.8 Å². The normalized spacial score (nSPS) is 11.8. The maximum Gasteiger partial charge on any atom is 0.261 e. The highest BCUT2D eigenvalue weighted by Crippen LogP contribution is 2.21. The molecule has 0 fully saturated rings. The predicted octanol–water partition coefficient (Wildman–Crippen LogP) is 1.34. The second-order valence-electron chi connectivity index (χ2n) is 3.62. The lowest BCUT2D eigenvalue weighted by Gasteiger charge is -2.09. The van der Waals surface area contributed by atoms with Crippen LogP contribution in [0.25, 0.3) is 0 Å². The van der Waals surface area contributed by atoms with Crippen molar-refractivity contribution in [3.05, 3.63) is 17.3 Å². The standard InChI is InChI=1S/C10H14ClF2N3O3S/c1-14-10-8(11)4-7(5-15-10)20(17,18)16-2-3-19-6-9(12)13/h4-5,9,16H,2-3,6H2,1H3,(H,14,15). The molecule has 1 rings (SSSR count). The molecule has 0 bridgehead atoms. The van der Waals surface area contributed by atoms with E-state index in [0.717, 1.165) is 6.20 Å². The zero-order valence-corrected chi connectivity index (χ0v) is 12.1. The average Bonchev–Trinajstić information content (AvgIpc) is 2.37. The van der Waals surface area contributed by atoms with Crippen LogP contribution >= 0.6 is 11.6 Å². The smallest absolute Gasteiger partial charge is 0.261 e. The summed E-state index contributed by atoms with van der Waals surface area (Å²) in [6, 6.07) is 1.24. The van der Waals surface area contributed by atoms with Crippen molar-refractivity contribution in [3.8, 4) is 0 Å². The molecule has 0 unspecified atom stereocenters. The average molecular weight is 330 g/mol. The van der Waals surface area contributed by atoms with Crippen molar-refractivity contribution in [1.29, 1.82) is 0 Å². The summed E-state index contributed by atoms with van der Waals surface area (Å²) in [4.78, 5) is 3.72. The molecule has 0 saturated carbocycles. The number of hydrogen-bond acceptors (Lipinski definition) is 5. The van der Waals surface area contributed by atoms with Gasteiger partial charge in [0.25, 0.3) is 6.43 Å². The Kier molecular flexibility index (Phi) is 6.53. The molecule has 2 N–H and O–H groups in total. The van der Waals surface area contributed by atoms with Crippen molar-refractivity contribution in [2.24, 2.45) is 0 Å². The molecular weight excluding hydrogens is 316 g/mol. The van der Waals surface area contributed by atoms with Crippen molar-refractivity contribution in [3.63, 3.8) is 0 Å². The van der Waals surface area contributed by atoms with Crippen LogP contribution in [0.4, 0.5) is 14.6 Å². The van der Waals surface area contributed by atoms with Gasteiger partial charge in [-0.05, 0) is 6.07 Å². The second kappa shape index (κ2) is 7.67. The van der Waals surface area contributed by atoms with Crippen molar-refractivity contribution in [2.75, 3.05) is 32.1 Å². The Morgan fingerprint density at radius 3 is 2.75 bits per heavy atom. The SMILES string of the molecule is CNc1ncc(S(=O)(=O)NCCOCC(F)F)cc1Cl. The number of pyridine rings is 1. The lowest BCUT2D eigenvalue weighted by atomic mass is 10.4. The Labute approximate surface area is 120 Å². The molecule has 0 amide bonds. The fourth-order valence-corrected chi connectivity index (χ4v) is 2.56. The van der Waals surface area contributed by atoms with Gasteiger partial charge in [0.2, 0.25) is 10.0 Å². The second-order valence-corrected chi connectivity index (χ2v) is 5.79. The third-order valence-electron chi connectivity index (χ3n) is 2.15. The minimum Gasteiger partial charge on any atom is -0.374 e. The van der Waals surface area contributed by atoms with Gasteiger partial charge in [-0.2, -0.15) is 0 Å². The number of rotatable bonds is 8. The molecule has 114 valence electrons. The third-order valence-corrected chi connectivity index (χ3v) is 3.86. The molecule has 6 nitrogen and oxygen atoms in total. The first kappa shape index (κ1) is 17.0. The van der Waals surface area contributed by atoms with Gasteiger partial charge in [-0.15, -0.1) is 0 Å². The maximum absolute atomic E-state index is 11.8. The molecule has 20 heavy (non-hydrogen) atoms. The first-order chi connectivity index (χ1) is 9.36. The molecule has 1 aromatic rings. The fraction of sp³-hybridized carbons (Fsp3) is 0.500. The fourth-order valence-electron chi connectivity index (χ4n) is 1.26. The number of nitrogens with zero attached hydrogens (tertiary/aromatic N) is 1. The van der Waals surface area contributed by atoms with Gasteiger partial charge in [-0.3, -0.25) is 0 Å². The zero-order valence-electron chi connectivity index (χ0n) is 10.6. The Hall–Kier alpha value is -1.03. The van der Waals surface area contributed by atoms with E-state index < -0.39 is 23.1 Å². The summed E-state index contributed by atoms with van der Waals surface area (Å²) in [5.41, 5.74) is 0. The Bertz CT molecular complexity index is 543. The first-order valence-corrected chi connectivity index (χ1v) is 7.42. The highest BCUT2D eigenvalue weighted by atomic mass is 35.5. The zero-order chi connectivity index (χ0) is 15.2. The molecule has 0 spiro atoms. The molecule has 0 aliphatic carbocycles. The van der Waals surface area contributed by atoms with Gasteiger partial charge in [0.15, 0.2) is 0 Å². The van der Waals surface area contributed by atoms with Crippen LogP contribution in [0.2, 0.25) is 5.02 Å². The van der Waals surface area contributed by atoms with E-state index in [0.29, 0.717) is 5.82 Å². The van der Waals surface area contributed by atoms with Crippen molar-refractivity contribution in [1.82, 2.24) is 9.71 Å². The summed E-state index contributed by atoms with van der Waals surface area (Å²) in [5, 5.41) is 2.85. The number of nitrogens with one attached hydrogen (secondary N) is 2. The number of halogens is 3. The van der Waals surface area contributed by atoms with Crippen molar-refractivity contribution < 1.29 is 21.9 Å². The Morgan fingerprint density at radius 1 is 1.50 bits per heavy atom. The predicted molar refractivity (Wildman–Crippen MR) is 70.8 cm³/mol. The van der Waals surface area contributed by atoms with E-state index in [1.807, 2.05) is 0 Å². The summed E-state index contributed by atoms with van der Waals surface area (Å²) < 4.78 is 54.0. The van der Waals surface area contributed by atoms with Crippen LogP contribution in [0.15, 0.2) is 17.2 Å². The Balaban J connectivity index is 2.58. The van der Waals surface area contributed by atoms with Crippen LogP contribution in [0.5, 0.6) is 0 Å². The summed E-state index contributed by atoms with van der Waals surface area (Å²) in [6.45, 7) is -1.01. The number of ether oxygens (including phenoxy) is 1. The van der Waals surface area contributed by atoms with Crippen LogP contribution in [-0.4, -0.2) is 46.6 Å². The molecule has 0 saturated heterocycles. The number of aromatic nitrogens is 1. The van der Waals surface area contributed by atoms with Crippen molar-refractivity contribution in [2.45, 2.75) is 11.3 Å². The van der Waals surface area contributed by atoms with E-state index in [-0.39, 0.29) is 23.1 Å². The van der Waals surface area contributed by atoms with Crippen LogP contribution in [-0.2, 0) is 14.8 Å². The summed E-state index contributed by atoms with van der Waals surface area (Å²) in [7, 11) is -2.20. The van der Waals surface area contributed by atoms with Crippen molar-refractivity contribution >= 4 is 27.4 Å². The Morgan fingerprint density at radius 2 is 2.20 bits per heavy atom. The summed E-state index contributed by atoms with van der Waals surface area (Å²) in [6.07, 6.45) is -1.44. The summed E-state index contributed by atoms with van der Waals surface area (Å²) >= 11 is 5.83. The largest absolute Gasteiger partial charge is 0.374 e. The van der Waals surface area contributed by atoms with Crippen LogP contribution in [0, 0.1) is 0 Å². The highest BCUT2D eigenvalue weighted by molar-refractivity contribution is 7.89. The number of alkyl halides is 2. The van der Waals surface area contributed by atoms with Gasteiger partial charge in [0, 0.05) is 19.8 Å². The quantitative estimate of drug-likeness (QED) is 0.703. The van der Waals surface area contributed by atoms with E-state index >= 15 is 0 Å². The van der Waals surface area contributed by atoms with Gasteiger partial charge in [-0.1, -0.05) is 11.6 Å². The summed E-state index contributed by atoms with van der Waals surface area (Å²) in [5.74, 6) is 0.353. The number of hydrogen-bond donors (Lipinski definition) is 2. The van der Waals surface area contributed by atoms with Gasteiger partial charge >= 0.3 is 0 Å².